The van der Waals surface area contributed by atoms with E-state index in [0.717, 1.165) is 36.5 Å². The van der Waals surface area contributed by atoms with Crippen LogP contribution in [0.2, 0.25) is 0 Å². The maximum absolute atomic E-state index is 12.8. The maximum Gasteiger partial charge on any atom is 0.343 e. The quantitative estimate of drug-likeness (QED) is 0.233. The summed E-state index contributed by atoms with van der Waals surface area (Å²) in [6.45, 7) is 2.20. The van der Waals surface area contributed by atoms with Crippen molar-refractivity contribution in [3.8, 4) is 5.75 Å². The highest BCUT2D eigenvalue weighted by atomic mass is 32.5. The Morgan fingerprint density at radius 2 is 1.48 bits per heavy atom. The summed E-state index contributed by atoms with van der Waals surface area (Å²) < 4.78 is 68.9. The van der Waals surface area contributed by atoms with Gasteiger partial charge >= 0.3 is 16.2 Å². The molecule has 0 spiro atoms. The molecule has 1 aliphatic carbocycles. The number of carbonyl (C=O) groups excluding carboxylic acids is 1. The molecule has 3 rings (SSSR count). The lowest BCUT2D eigenvalue weighted by Gasteiger charge is -2.40. The normalized spacial score (nSPS) is 21.7. The average molecular weight is 463 g/mol. The Morgan fingerprint density at radius 3 is 2.00 bits per heavy atom. The van der Waals surface area contributed by atoms with Crippen LogP contribution in [0.15, 0.2) is 53.4 Å². The molecular formula is C23H27F5O2S. The second-order valence-corrected chi connectivity index (χ2v) is 10.7. The number of esters is 1. The Kier molecular flexibility index (Phi) is 6.17. The highest BCUT2D eigenvalue weighted by Gasteiger charge is 2.65. The number of halogens is 5. The van der Waals surface area contributed by atoms with Gasteiger partial charge in [0, 0.05) is 0 Å². The van der Waals surface area contributed by atoms with Crippen LogP contribution in [0.5, 0.6) is 5.75 Å². The standard InChI is InChI=1S/C23H27F5O2S/c1-2-3-4-17-5-7-18(8-6-17)19-9-11-20(12-10-19)23(29)30-21-13-15-22(16-14-21)31(24,25,26,27)28/h9-18H,2-8H2,1H3/t17-,18-. The highest BCUT2D eigenvalue weighted by Crippen LogP contribution is 3.02. The SMILES string of the molecule is CCCC[C@H]1CC[C@H](c2ccc(C(=O)Oc3ccc(S(F)(F)(F)(F)F)cc3)cc2)CC1. The van der Waals surface area contributed by atoms with Gasteiger partial charge in [0.2, 0.25) is 0 Å². The third kappa shape index (κ3) is 6.45. The van der Waals surface area contributed by atoms with Crippen molar-refractivity contribution in [2.45, 2.75) is 62.7 Å². The lowest BCUT2D eigenvalue weighted by atomic mass is 9.77. The first-order chi connectivity index (χ1) is 14.4. The first kappa shape index (κ1) is 23.6. The fraction of sp³-hybridized carbons (Fsp3) is 0.435. The summed E-state index contributed by atoms with van der Waals surface area (Å²) in [5.41, 5.74) is 1.41. The molecule has 0 N–H and O–H groups in total. The van der Waals surface area contributed by atoms with Crippen molar-refractivity contribution < 1.29 is 29.0 Å². The molecule has 0 atom stereocenters. The predicted molar refractivity (Wildman–Crippen MR) is 113 cm³/mol. The molecule has 172 valence electrons. The molecule has 0 unspecified atom stereocenters. The van der Waals surface area contributed by atoms with E-state index in [1.807, 2.05) is 12.1 Å². The molecule has 2 nitrogen and oxygen atoms in total. The number of benzene rings is 2. The average Bonchev–Trinajstić information content (AvgIpc) is 2.71. The second kappa shape index (κ2) is 8.11. The van der Waals surface area contributed by atoms with Gasteiger partial charge in [-0.15, -0.1) is 0 Å². The molecule has 8 heteroatoms. The van der Waals surface area contributed by atoms with Crippen molar-refractivity contribution in [1.82, 2.24) is 0 Å². The minimum Gasteiger partial charge on any atom is -0.423 e. The molecule has 0 aromatic heterocycles. The van der Waals surface area contributed by atoms with Crippen molar-refractivity contribution in [3.63, 3.8) is 0 Å². The molecule has 0 amide bonds. The Labute approximate surface area is 179 Å². The third-order valence-electron chi connectivity index (χ3n) is 5.91. The van der Waals surface area contributed by atoms with Gasteiger partial charge in [0.25, 0.3) is 0 Å². The van der Waals surface area contributed by atoms with E-state index in [4.69, 9.17) is 4.74 Å². The number of hydrogen-bond acceptors (Lipinski definition) is 2. The highest BCUT2D eigenvalue weighted by molar-refractivity contribution is 8.45. The van der Waals surface area contributed by atoms with Gasteiger partial charge in [0.05, 0.1) is 5.56 Å². The Morgan fingerprint density at radius 1 is 0.903 bits per heavy atom. The molecule has 1 fully saturated rings. The topological polar surface area (TPSA) is 26.3 Å². The van der Waals surface area contributed by atoms with Gasteiger partial charge in [0.15, 0.2) is 0 Å². The van der Waals surface area contributed by atoms with Crippen LogP contribution in [-0.4, -0.2) is 5.97 Å². The van der Waals surface area contributed by atoms with Crippen molar-refractivity contribution in [1.29, 1.82) is 0 Å². The van der Waals surface area contributed by atoms with Crippen molar-refractivity contribution in [2.24, 2.45) is 5.92 Å². The number of rotatable bonds is 7. The van der Waals surface area contributed by atoms with Gasteiger partial charge < -0.3 is 4.74 Å². The van der Waals surface area contributed by atoms with Gasteiger partial charge in [-0.25, -0.2) is 4.79 Å². The zero-order valence-electron chi connectivity index (χ0n) is 17.3. The van der Waals surface area contributed by atoms with Crippen LogP contribution in [-0.2, 0) is 0 Å². The van der Waals surface area contributed by atoms with Crippen molar-refractivity contribution >= 4 is 16.2 Å². The van der Waals surface area contributed by atoms with E-state index < -0.39 is 21.1 Å². The Bertz CT molecular complexity index is 901. The fourth-order valence-electron chi connectivity index (χ4n) is 4.10. The Balaban J connectivity index is 1.59. The molecule has 0 bridgehead atoms. The smallest absolute Gasteiger partial charge is 0.343 e. The van der Waals surface area contributed by atoms with Crippen LogP contribution >= 0.6 is 10.2 Å². The van der Waals surface area contributed by atoms with Gasteiger partial charge in [-0.2, -0.15) is 0 Å². The molecule has 2 aromatic carbocycles. The van der Waals surface area contributed by atoms with E-state index in [2.05, 4.69) is 6.92 Å². The van der Waals surface area contributed by atoms with Crippen LogP contribution in [0.4, 0.5) is 19.4 Å². The second-order valence-electron chi connectivity index (χ2n) is 8.31. The summed E-state index contributed by atoms with van der Waals surface area (Å²) in [4.78, 5) is 10.2. The lowest BCUT2D eigenvalue weighted by Crippen LogP contribution is -2.14. The van der Waals surface area contributed by atoms with Crippen molar-refractivity contribution in [3.05, 3.63) is 59.7 Å². The first-order valence-corrected chi connectivity index (χ1v) is 12.5. The van der Waals surface area contributed by atoms with Crippen LogP contribution < -0.4 is 4.74 Å². The Hall–Kier alpha value is -2.09. The first-order valence-electron chi connectivity index (χ1n) is 10.5. The van der Waals surface area contributed by atoms with Gasteiger partial charge in [-0.3, -0.25) is 0 Å². The summed E-state index contributed by atoms with van der Waals surface area (Å²) in [6, 6.07) is 8.91. The third-order valence-corrected chi connectivity index (χ3v) is 7.07. The van der Waals surface area contributed by atoms with E-state index in [-0.39, 0.29) is 23.4 Å². The monoisotopic (exact) mass is 462 g/mol. The van der Waals surface area contributed by atoms with E-state index in [0.29, 0.717) is 5.92 Å². The number of unbranched alkanes of at least 4 members (excludes halogenated alkanes) is 1. The van der Waals surface area contributed by atoms with E-state index in [1.54, 1.807) is 12.1 Å². The van der Waals surface area contributed by atoms with Crippen molar-refractivity contribution in [2.75, 3.05) is 0 Å². The maximum atomic E-state index is 12.8. The minimum atomic E-state index is -9.74. The number of ether oxygens (including phenoxy) is 1. The summed E-state index contributed by atoms with van der Waals surface area (Å²) >= 11 is 0. The van der Waals surface area contributed by atoms with Crippen LogP contribution in [0.25, 0.3) is 0 Å². The molecule has 2 aromatic rings. The molecule has 0 radical (unpaired) electrons. The van der Waals surface area contributed by atoms with E-state index in [1.165, 1.54) is 32.1 Å². The zero-order valence-corrected chi connectivity index (χ0v) is 18.2. The largest absolute Gasteiger partial charge is 0.423 e. The molecular weight excluding hydrogens is 435 g/mol. The summed E-state index contributed by atoms with van der Waals surface area (Å²) in [5, 5.41) is 0. The van der Waals surface area contributed by atoms with Gasteiger partial charge in [-0.05, 0) is 79.5 Å². The van der Waals surface area contributed by atoms with E-state index >= 15 is 0 Å². The predicted octanol–water partition coefficient (Wildman–Crippen LogP) is 9.03. The van der Waals surface area contributed by atoms with E-state index in [9.17, 15) is 24.2 Å². The lowest BCUT2D eigenvalue weighted by molar-refractivity contribution is 0.0734. The van der Waals surface area contributed by atoms with Gasteiger partial charge in [-0.1, -0.05) is 57.7 Å². The molecule has 1 aliphatic rings. The summed E-state index contributed by atoms with van der Waals surface area (Å²) in [5.74, 6) is 0.276. The molecule has 0 aliphatic heterocycles. The van der Waals surface area contributed by atoms with Crippen LogP contribution in [0.3, 0.4) is 0 Å². The minimum absolute atomic E-state index is 0.226. The van der Waals surface area contributed by atoms with Crippen LogP contribution in [0, 0.1) is 5.92 Å². The molecule has 31 heavy (non-hydrogen) atoms. The summed E-state index contributed by atoms with van der Waals surface area (Å²) in [7, 11) is -9.74. The molecule has 0 saturated heterocycles. The molecule has 1 saturated carbocycles. The fourth-order valence-corrected chi connectivity index (χ4v) is 4.75. The summed E-state index contributed by atoms with van der Waals surface area (Å²) in [6.07, 6.45) is 8.45. The molecule has 0 heterocycles. The van der Waals surface area contributed by atoms with Crippen LogP contribution in [0.1, 0.15) is 73.7 Å². The number of hydrogen-bond donors (Lipinski definition) is 0. The number of carbonyl (C=O) groups is 1. The van der Waals surface area contributed by atoms with Gasteiger partial charge in [0.1, 0.15) is 10.6 Å². The zero-order chi connectivity index (χ0) is 22.8.